The number of aryl methyl sites for hydroxylation is 1. The lowest BCUT2D eigenvalue weighted by molar-refractivity contribution is -0.147. The summed E-state index contributed by atoms with van der Waals surface area (Å²) in [6, 6.07) is 6.99. The van der Waals surface area contributed by atoms with Crippen LogP contribution in [0.25, 0.3) is 6.08 Å². The van der Waals surface area contributed by atoms with Crippen molar-refractivity contribution in [1.29, 1.82) is 0 Å². The zero-order valence-corrected chi connectivity index (χ0v) is 15.7. The molecule has 144 valence electrons. The number of furan rings is 1. The number of rotatable bonds is 8. The van der Waals surface area contributed by atoms with E-state index in [0.29, 0.717) is 22.8 Å². The van der Waals surface area contributed by atoms with Gasteiger partial charge in [-0.1, -0.05) is 18.2 Å². The van der Waals surface area contributed by atoms with Crippen molar-refractivity contribution in [3.8, 4) is 11.5 Å². The van der Waals surface area contributed by atoms with E-state index in [4.69, 9.17) is 18.6 Å². The molecule has 0 spiro atoms. The van der Waals surface area contributed by atoms with Crippen molar-refractivity contribution in [2.75, 3.05) is 20.8 Å². The smallest absolute Gasteiger partial charge is 0.374 e. The number of ether oxygens (including phenoxy) is 4. The van der Waals surface area contributed by atoms with Gasteiger partial charge in [0.1, 0.15) is 12.4 Å². The fourth-order valence-corrected chi connectivity index (χ4v) is 2.34. The number of benzene rings is 1. The van der Waals surface area contributed by atoms with E-state index in [9.17, 15) is 9.59 Å². The summed E-state index contributed by atoms with van der Waals surface area (Å²) >= 11 is 0. The maximum absolute atomic E-state index is 11.9. The Hall–Kier alpha value is -3.22. The van der Waals surface area contributed by atoms with E-state index in [0.717, 1.165) is 5.56 Å². The van der Waals surface area contributed by atoms with Crippen LogP contribution >= 0.6 is 0 Å². The summed E-state index contributed by atoms with van der Waals surface area (Å²) in [5, 5.41) is 0. The van der Waals surface area contributed by atoms with Gasteiger partial charge in [-0.25, -0.2) is 9.59 Å². The summed E-state index contributed by atoms with van der Waals surface area (Å²) in [6.07, 6.45) is 3.84. The fraction of sp³-hybridized carbons (Fsp3) is 0.300. The van der Waals surface area contributed by atoms with E-state index in [1.54, 1.807) is 25.1 Å². The average Bonchev–Trinajstić information content (AvgIpc) is 3.05. The number of hydrogen-bond acceptors (Lipinski definition) is 7. The Morgan fingerprint density at radius 1 is 1.15 bits per heavy atom. The molecule has 2 rings (SSSR count). The molecule has 0 aliphatic rings. The molecule has 0 aliphatic carbocycles. The Morgan fingerprint density at radius 3 is 2.59 bits per heavy atom. The predicted octanol–water partition coefficient (Wildman–Crippen LogP) is 3.54. The molecule has 2 aromatic rings. The SMILES string of the molecule is C/C=C/c1ccc(OCC(=O)OCc2cc(C)c(C(=O)OC)o2)c(OC)c1. The van der Waals surface area contributed by atoms with E-state index in [1.165, 1.54) is 14.2 Å². The molecule has 0 amide bonds. The fourth-order valence-electron chi connectivity index (χ4n) is 2.34. The molecule has 7 heteroatoms. The number of allylic oxidation sites excluding steroid dienone is 1. The topological polar surface area (TPSA) is 84.2 Å². The van der Waals surface area contributed by atoms with E-state index in [-0.39, 0.29) is 19.0 Å². The summed E-state index contributed by atoms with van der Waals surface area (Å²) in [6.45, 7) is 3.22. The van der Waals surface area contributed by atoms with Crippen molar-refractivity contribution in [3.63, 3.8) is 0 Å². The highest BCUT2D eigenvalue weighted by Gasteiger charge is 2.17. The van der Waals surface area contributed by atoms with Crippen LogP contribution in [0.2, 0.25) is 0 Å². The van der Waals surface area contributed by atoms with Crippen molar-refractivity contribution in [2.24, 2.45) is 0 Å². The number of carbonyl (C=O) groups excluding carboxylic acids is 2. The first kappa shape index (κ1) is 20.1. The lowest BCUT2D eigenvalue weighted by Gasteiger charge is -2.11. The number of carbonyl (C=O) groups is 2. The average molecular weight is 374 g/mol. The van der Waals surface area contributed by atoms with Crippen LogP contribution in [0.5, 0.6) is 11.5 Å². The zero-order valence-electron chi connectivity index (χ0n) is 15.7. The van der Waals surface area contributed by atoms with Crippen LogP contribution in [-0.4, -0.2) is 32.8 Å². The lowest BCUT2D eigenvalue weighted by Crippen LogP contribution is -2.15. The molecule has 1 heterocycles. The molecule has 0 radical (unpaired) electrons. The molecule has 0 saturated heterocycles. The Morgan fingerprint density at radius 2 is 1.93 bits per heavy atom. The van der Waals surface area contributed by atoms with Crippen LogP contribution in [-0.2, 0) is 20.9 Å². The summed E-state index contributed by atoms with van der Waals surface area (Å²) in [7, 11) is 2.79. The Bertz CT molecular complexity index is 833. The van der Waals surface area contributed by atoms with Gasteiger partial charge >= 0.3 is 11.9 Å². The minimum absolute atomic E-state index is 0.0887. The van der Waals surface area contributed by atoms with E-state index in [2.05, 4.69) is 4.74 Å². The summed E-state index contributed by atoms with van der Waals surface area (Å²) in [4.78, 5) is 23.4. The van der Waals surface area contributed by atoms with Crippen LogP contribution < -0.4 is 9.47 Å². The quantitative estimate of drug-likeness (QED) is 0.653. The molecule has 7 nitrogen and oxygen atoms in total. The van der Waals surface area contributed by atoms with Crippen molar-refractivity contribution in [1.82, 2.24) is 0 Å². The number of methoxy groups -OCH3 is 2. The van der Waals surface area contributed by atoms with Crippen molar-refractivity contribution in [3.05, 3.63) is 53.0 Å². The first-order chi connectivity index (χ1) is 13.0. The second-order valence-corrected chi connectivity index (χ2v) is 5.58. The van der Waals surface area contributed by atoms with Crippen molar-refractivity contribution >= 4 is 18.0 Å². The molecule has 0 bridgehead atoms. The largest absolute Gasteiger partial charge is 0.493 e. The molecule has 0 aliphatic heterocycles. The highest BCUT2D eigenvalue weighted by Crippen LogP contribution is 2.28. The lowest BCUT2D eigenvalue weighted by atomic mass is 10.2. The first-order valence-corrected chi connectivity index (χ1v) is 8.25. The van der Waals surface area contributed by atoms with Gasteiger partial charge in [0.25, 0.3) is 0 Å². The summed E-state index contributed by atoms with van der Waals surface area (Å²) in [5.74, 6) is 0.220. The van der Waals surface area contributed by atoms with Gasteiger partial charge < -0.3 is 23.4 Å². The van der Waals surface area contributed by atoms with Gasteiger partial charge in [-0.3, -0.25) is 0 Å². The number of esters is 2. The molecule has 0 N–H and O–H groups in total. The van der Waals surface area contributed by atoms with Gasteiger partial charge in [-0.05, 0) is 37.6 Å². The molecule has 0 unspecified atom stereocenters. The van der Waals surface area contributed by atoms with Crippen LogP contribution in [0, 0.1) is 6.92 Å². The molecule has 1 aromatic heterocycles. The molecule has 0 atom stereocenters. The zero-order chi connectivity index (χ0) is 19.8. The van der Waals surface area contributed by atoms with E-state index in [1.807, 2.05) is 25.1 Å². The van der Waals surface area contributed by atoms with E-state index < -0.39 is 11.9 Å². The Kier molecular flexibility index (Phi) is 7.05. The normalized spacial score (nSPS) is 10.7. The minimum Gasteiger partial charge on any atom is -0.493 e. The van der Waals surface area contributed by atoms with Gasteiger partial charge in [0.05, 0.1) is 14.2 Å². The van der Waals surface area contributed by atoms with E-state index >= 15 is 0 Å². The molecular formula is C20H22O7. The molecule has 27 heavy (non-hydrogen) atoms. The third kappa shape index (κ3) is 5.37. The second-order valence-electron chi connectivity index (χ2n) is 5.58. The highest BCUT2D eigenvalue weighted by molar-refractivity contribution is 5.87. The highest BCUT2D eigenvalue weighted by atomic mass is 16.6. The standard InChI is InChI=1S/C20H22O7/c1-5-6-14-7-8-16(17(10-14)23-3)25-12-18(21)26-11-15-9-13(2)19(27-15)20(22)24-4/h5-10H,11-12H2,1-4H3/b6-5+. The predicted molar refractivity (Wildman–Crippen MR) is 97.8 cm³/mol. The third-order valence-electron chi connectivity index (χ3n) is 3.61. The van der Waals surface area contributed by atoms with Crippen molar-refractivity contribution < 1.29 is 33.0 Å². The summed E-state index contributed by atoms with van der Waals surface area (Å²) in [5.41, 5.74) is 1.56. The minimum atomic E-state index is -0.582. The first-order valence-electron chi connectivity index (χ1n) is 8.25. The Balaban J connectivity index is 1.91. The Labute approximate surface area is 157 Å². The van der Waals surface area contributed by atoms with Gasteiger partial charge in [0.15, 0.2) is 18.1 Å². The van der Waals surface area contributed by atoms with Crippen LogP contribution in [0.3, 0.4) is 0 Å². The molecule has 0 fully saturated rings. The van der Waals surface area contributed by atoms with Crippen LogP contribution in [0.4, 0.5) is 0 Å². The molecule has 1 aromatic carbocycles. The molecular weight excluding hydrogens is 352 g/mol. The van der Waals surface area contributed by atoms with Gasteiger partial charge in [-0.2, -0.15) is 0 Å². The van der Waals surface area contributed by atoms with Crippen LogP contribution in [0.1, 0.15) is 34.4 Å². The maximum Gasteiger partial charge on any atom is 0.374 e. The molecule has 0 saturated carbocycles. The van der Waals surface area contributed by atoms with Crippen molar-refractivity contribution in [2.45, 2.75) is 20.5 Å². The maximum atomic E-state index is 11.9. The van der Waals surface area contributed by atoms with Gasteiger partial charge in [-0.15, -0.1) is 0 Å². The second kappa shape index (κ2) is 9.47. The van der Waals surface area contributed by atoms with Gasteiger partial charge in [0.2, 0.25) is 5.76 Å². The third-order valence-corrected chi connectivity index (χ3v) is 3.61. The monoisotopic (exact) mass is 374 g/mol. The summed E-state index contributed by atoms with van der Waals surface area (Å²) < 4.78 is 25.8. The van der Waals surface area contributed by atoms with Gasteiger partial charge in [0, 0.05) is 5.56 Å². The van der Waals surface area contributed by atoms with Crippen LogP contribution in [0.15, 0.2) is 34.8 Å². The number of hydrogen-bond donors (Lipinski definition) is 0.